The van der Waals surface area contributed by atoms with Gasteiger partial charge in [0.1, 0.15) is 0 Å². The van der Waals surface area contributed by atoms with Gasteiger partial charge in [-0.05, 0) is 26.8 Å². The van der Waals surface area contributed by atoms with Crippen molar-refractivity contribution >= 4 is 16.0 Å². The van der Waals surface area contributed by atoms with Crippen LogP contribution in [0.15, 0.2) is 0 Å². The van der Waals surface area contributed by atoms with Gasteiger partial charge in [-0.25, -0.2) is 8.42 Å². The number of likely N-dealkylation sites (N-methyl/N-ethyl adjacent to an activating group) is 1. The van der Waals surface area contributed by atoms with Crippen LogP contribution in [0, 0.1) is 0 Å². The Hall–Kier alpha value is -0.660. The molecule has 0 saturated carbocycles. The molecule has 1 saturated heterocycles. The SMILES string of the molecule is CNC1CCCN(S(=O)(=O)C(C)C(=O)O)C1. The number of nitrogens with zero attached hydrogens (tertiary/aromatic N) is 1. The second-order valence-corrected chi connectivity index (χ2v) is 6.26. The molecule has 0 radical (unpaired) electrons. The second-order valence-electron chi connectivity index (χ2n) is 4.01. The summed E-state index contributed by atoms with van der Waals surface area (Å²) < 4.78 is 25.1. The number of piperidine rings is 1. The zero-order valence-electron chi connectivity index (χ0n) is 9.51. The number of sulfonamides is 1. The maximum absolute atomic E-state index is 11.9. The monoisotopic (exact) mass is 250 g/mol. The summed E-state index contributed by atoms with van der Waals surface area (Å²) in [6.45, 7) is 1.98. The molecule has 0 aromatic carbocycles. The van der Waals surface area contributed by atoms with Crippen LogP contribution in [-0.4, -0.2) is 55.2 Å². The van der Waals surface area contributed by atoms with Crippen LogP contribution in [-0.2, 0) is 14.8 Å². The molecule has 2 unspecified atom stereocenters. The van der Waals surface area contributed by atoms with E-state index in [2.05, 4.69) is 5.32 Å². The highest BCUT2D eigenvalue weighted by atomic mass is 32.2. The summed E-state index contributed by atoms with van der Waals surface area (Å²) in [5, 5.41) is 10.4. The molecular weight excluding hydrogens is 232 g/mol. The van der Waals surface area contributed by atoms with Gasteiger partial charge in [-0.2, -0.15) is 4.31 Å². The van der Waals surface area contributed by atoms with E-state index in [-0.39, 0.29) is 6.04 Å². The zero-order valence-corrected chi connectivity index (χ0v) is 10.3. The van der Waals surface area contributed by atoms with Crippen molar-refractivity contribution in [3.05, 3.63) is 0 Å². The van der Waals surface area contributed by atoms with E-state index in [9.17, 15) is 13.2 Å². The number of nitrogens with one attached hydrogen (secondary N) is 1. The first-order valence-electron chi connectivity index (χ1n) is 5.28. The maximum Gasteiger partial charge on any atom is 0.323 e. The number of hydrogen-bond donors (Lipinski definition) is 2. The number of carbonyl (C=O) groups is 1. The molecule has 0 spiro atoms. The van der Waals surface area contributed by atoms with Gasteiger partial charge in [0.25, 0.3) is 0 Å². The van der Waals surface area contributed by atoms with Crippen molar-refractivity contribution in [3.8, 4) is 0 Å². The summed E-state index contributed by atoms with van der Waals surface area (Å²) >= 11 is 0. The van der Waals surface area contributed by atoms with Crippen molar-refractivity contribution in [2.24, 2.45) is 0 Å². The van der Waals surface area contributed by atoms with Crippen LogP contribution in [0.4, 0.5) is 0 Å². The fraction of sp³-hybridized carbons (Fsp3) is 0.889. The molecule has 0 aliphatic carbocycles. The molecular formula is C9H18N2O4S. The molecule has 94 valence electrons. The van der Waals surface area contributed by atoms with E-state index in [1.807, 2.05) is 0 Å². The van der Waals surface area contributed by atoms with Gasteiger partial charge in [0.15, 0.2) is 5.25 Å². The highest BCUT2D eigenvalue weighted by Gasteiger charge is 2.36. The largest absolute Gasteiger partial charge is 0.480 e. The minimum absolute atomic E-state index is 0.115. The summed E-state index contributed by atoms with van der Waals surface area (Å²) in [5.74, 6) is -1.30. The van der Waals surface area contributed by atoms with Crippen molar-refractivity contribution in [2.75, 3.05) is 20.1 Å². The van der Waals surface area contributed by atoms with Crippen LogP contribution in [0.2, 0.25) is 0 Å². The van der Waals surface area contributed by atoms with E-state index in [1.54, 1.807) is 7.05 Å². The molecule has 7 heteroatoms. The number of carboxylic acids is 1. The maximum atomic E-state index is 11.9. The third-order valence-corrected chi connectivity index (χ3v) is 5.09. The number of aliphatic carboxylic acids is 1. The van der Waals surface area contributed by atoms with Crippen molar-refractivity contribution in [1.29, 1.82) is 0 Å². The third kappa shape index (κ3) is 2.72. The topological polar surface area (TPSA) is 86.7 Å². The first kappa shape index (κ1) is 13.4. The standard InChI is InChI=1S/C9H18N2O4S/c1-7(9(12)13)16(14,15)11-5-3-4-8(6-11)10-2/h7-8,10H,3-6H2,1-2H3,(H,12,13). The highest BCUT2D eigenvalue weighted by Crippen LogP contribution is 2.17. The van der Waals surface area contributed by atoms with E-state index in [1.165, 1.54) is 11.2 Å². The van der Waals surface area contributed by atoms with Crippen LogP contribution in [0.25, 0.3) is 0 Å². The molecule has 0 aromatic rings. The molecule has 0 aromatic heterocycles. The van der Waals surface area contributed by atoms with E-state index < -0.39 is 21.2 Å². The van der Waals surface area contributed by atoms with Gasteiger partial charge in [-0.1, -0.05) is 0 Å². The predicted octanol–water partition coefficient (Wildman–Crippen LogP) is -0.527. The summed E-state index contributed by atoms with van der Waals surface area (Å²) in [6, 6.07) is 0.115. The van der Waals surface area contributed by atoms with Gasteiger partial charge in [0, 0.05) is 19.1 Å². The average Bonchev–Trinajstić information content (AvgIpc) is 2.27. The normalized spacial score (nSPS) is 25.2. The lowest BCUT2D eigenvalue weighted by Crippen LogP contribution is -2.50. The van der Waals surface area contributed by atoms with Gasteiger partial charge >= 0.3 is 5.97 Å². The molecule has 1 rings (SSSR count). The minimum Gasteiger partial charge on any atom is -0.480 e. The lowest BCUT2D eigenvalue weighted by atomic mass is 10.1. The Labute approximate surface area is 95.7 Å². The summed E-state index contributed by atoms with van der Waals surface area (Å²) in [6.07, 6.45) is 1.68. The Balaban J connectivity index is 2.79. The van der Waals surface area contributed by atoms with Gasteiger partial charge in [0.05, 0.1) is 0 Å². The lowest BCUT2D eigenvalue weighted by Gasteiger charge is -2.32. The molecule has 2 N–H and O–H groups in total. The molecule has 1 heterocycles. The van der Waals surface area contributed by atoms with Crippen LogP contribution < -0.4 is 5.32 Å². The quantitative estimate of drug-likeness (QED) is 0.700. The number of carboxylic acid groups (broad SMARTS) is 1. The van der Waals surface area contributed by atoms with Gasteiger partial charge in [0.2, 0.25) is 10.0 Å². The summed E-state index contributed by atoms with van der Waals surface area (Å²) in [7, 11) is -1.93. The van der Waals surface area contributed by atoms with E-state index in [4.69, 9.17) is 5.11 Å². The Morgan fingerprint density at radius 3 is 2.69 bits per heavy atom. The predicted molar refractivity (Wildman–Crippen MR) is 59.7 cm³/mol. The van der Waals surface area contributed by atoms with Gasteiger partial charge in [-0.15, -0.1) is 0 Å². The van der Waals surface area contributed by atoms with Crippen LogP contribution in [0.1, 0.15) is 19.8 Å². The third-order valence-electron chi connectivity index (χ3n) is 2.95. The minimum atomic E-state index is -3.71. The van der Waals surface area contributed by atoms with Crippen molar-refractivity contribution < 1.29 is 18.3 Å². The molecule has 6 nitrogen and oxygen atoms in total. The van der Waals surface area contributed by atoms with Crippen LogP contribution in [0.3, 0.4) is 0 Å². The Bertz CT molecular complexity index is 355. The number of hydrogen-bond acceptors (Lipinski definition) is 4. The lowest BCUT2D eigenvalue weighted by molar-refractivity contribution is -0.136. The fourth-order valence-electron chi connectivity index (χ4n) is 1.76. The van der Waals surface area contributed by atoms with Crippen molar-refractivity contribution in [3.63, 3.8) is 0 Å². The Morgan fingerprint density at radius 2 is 2.19 bits per heavy atom. The molecule has 1 aliphatic rings. The summed E-state index contributed by atoms with van der Waals surface area (Å²) in [5.41, 5.74) is 0. The van der Waals surface area contributed by atoms with Crippen molar-refractivity contribution in [1.82, 2.24) is 9.62 Å². The van der Waals surface area contributed by atoms with Crippen LogP contribution >= 0.6 is 0 Å². The van der Waals surface area contributed by atoms with Crippen molar-refractivity contribution in [2.45, 2.75) is 31.1 Å². The zero-order chi connectivity index (χ0) is 12.3. The molecule has 1 fully saturated rings. The fourth-order valence-corrected chi connectivity index (χ4v) is 3.23. The molecule has 0 bridgehead atoms. The molecule has 0 amide bonds. The molecule has 2 atom stereocenters. The Kier molecular flexibility index (Phi) is 4.28. The van der Waals surface area contributed by atoms with Gasteiger partial charge in [-0.3, -0.25) is 4.79 Å². The molecule has 16 heavy (non-hydrogen) atoms. The smallest absolute Gasteiger partial charge is 0.323 e. The first-order valence-corrected chi connectivity index (χ1v) is 6.79. The van der Waals surface area contributed by atoms with Crippen LogP contribution in [0.5, 0.6) is 0 Å². The first-order chi connectivity index (χ1) is 7.39. The number of rotatable bonds is 4. The molecule has 1 aliphatic heterocycles. The summed E-state index contributed by atoms with van der Waals surface area (Å²) in [4.78, 5) is 10.7. The van der Waals surface area contributed by atoms with E-state index >= 15 is 0 Å². The van der Waals surface area contributed by atoms with E-state index in [0.717, 1.165) is 12.8 Å². The average molecular weight is 250 g/mol. The second kappa shape index (κ2) is 5.11. The van der Waals surface area contributed by atoms with Gasteiger partial charge < -0.3 is 10.4 Å². The Morgan fingerprint density at radius 1 is 1.56 bits per heavy atom. The highest BCUT2D eigenvalue weighted by molar-refractivity contribution is 7.90. The van der Waals surface area contributed by atoms with E-state index in [0.29, 0.717) is 13.1 Å².